The predicted molar refractivity (Wildman–Crippen MR) is 69.7 cm³/mol. The number of fused-ring (bicyclic) bond motifs is 1. The summed E-state index contributed by atoms with van der Waals surface area (Å²) in [7, 11) is 0. The number of hydrogen-bond donors (Lipinski definition) is 1. The molecular weight excluding hydrogens is 248 g/mol. The van der Waals surface area contributed by atoms with Crippen LogP contribution in [0.25, 0.3) is 10.6 Å². The third kappa shape index (κ3) is 1.75. The maximum atomic E-state index is 11.1. The minimum atomic E-state index is -0.697. The Hall–Kier alpha value is -1.62. The van der Waals surface area contributed by atoms with Crippen LogP contribution in [0.15, 0.2) is 17.5 Å². The number of carbonyl (C=O) groups is 1. The van der Waals surface area contributed by atoms with E-state index in [0.29, 0.717) is 12.8 Å². The molecule has 0 aromatic carbocycles. The topological polar surface area (TPSA) is 55.1 Å². The first-order valence-corrected chi connectivity index (χ1v) is 6.87. The van der Waals surface area contributed by atoms with E-state index in [1.165, 1.54) is 0 Å². The van der Waals surface area contributed by atoms with Crippen LogP contribution in [0.4, 0.5) is 0 Å². The molecule has 0 saturated heterocycles. The third-order valence-corrected chi connectivity index (χ3v) is 4.38. The summed E-state index contributed by atoms with van der Waals surface area (Å²) in [5, 5.41) is 11.2. The SMILES string of the molecule is Cc1nc(-c2cccs2)c2n1CCC(C(=O)O)C2. The summed E-state index contributed by atoms with van der Waals surface area (Å²) in [6.07, 6.45) is 1.28. The Kier molecular flexibility index (Phi) is 2.70. The molecule has 0 bridgehead atoms. The van der Waals surface area contributed by atoms with Crippen LogP contribution in [0, 0.1) is 12.8 Å². The third-order valence-electron chi connectivity index (χ3n) is 3.51. The van der Waals surface area contributed by atoms with Crippen LogP contribution in [-0.2, 0) is 17.8 Å². The number of carboxylic acid groups (broad SMARTS) is 1. The smallest absolute Gasteiger partial charge is 0.306 e. The number of aromatic nitrogens is 2. The van der Waals surface area contributed by atoms with Crippen LogP contribution in [0.5, 0.6) is 0 Å². The van der Waals surface area contributed by atoms with E-state index in [4.69, 9.17) is 5.11 Å². The summed E-state index contributed by atoms with van der Waals surface area (Å²) in [5.74, 6) is 0.0155. The molecule has 3 rings (SSSR count). The Morgan fingerprint density at radius 3 is 3.11 bits per heavy atom. The fourth-order valence-electron chi connectivity index (χ4n) is 2.56. The standard InChI is InChI=1S/C13H14N2O2S/c1-8-14-12(11-3-2-6-18-11)10-7-9(13(16)17)4-5-15(8)10/h2-3,6,9H,4-5,7H2,1H3,(H,16,17). The summed E-state index contributed by atoms with van der Waals surface area (Å²) in [6.45, 7) is 2.75. The van der Waals surface area contributed by atoms with E-state index in [-0.39, 0.29) is 5.92 Å². The van der Waals surface area contributed by atoms with E-state index in [2.05, 4.69) is 9.55 Å². The monoisotopic (exact) mass is 262 g/mol. The van der Waals surface area contributed by atoms with Gasteiger partial charge in [0.05, 0.1) is 10.8 Å². The summed E-state index contributed by atoms with van der Waals surface area (Å²) in [6, 6.07) is 4.04. The maximum Gasteiger partial charge on any atom is 0.306 e. The highest BCUT2D eigenvalue weighted by Gasteiger charge is 2.28. The molecule has 1 aliphatic heterocycles. The van der Waals surface area contributed by atoms with E-state index < -0.39 is 5.97 Å². The van der Waals surface area contributed by atoms with Gasteiger partial charge >= 0.3 is 5.97 Å². The number of hydrogen-bond acceptors (Lipinski definition) is 3. The zero-order valence-electron chi connectivity index (χ0n) is 10.1. The molecule has 94 valence electrons. The largest absolute Gasteiger partial charge is 0.481 e. The van der Waals surface area contributed by atoms with E-state index in [9.17, 15) is 4.79 Å². The predicted octanol–water partition coefficient (Wildman–Crippen LogP) is 2.57. The zero-order valence-corrected chi connectivity index (χ0v) is 10.9. The van der Waals surface area contributed by atoms with E-state index in [0.717, 1.165) is 28.6 Å². The zero-order chi connectivity index (χ0) is 12.7. The second-order valence-corrected chi connectivity index (χ2v) is 5.56. The van der Waals surface area contributed by atoms with Gasteiger partial charge in [0.1, 0.15) is 11.5 Å². The minimum absolute atomic E-state index is 0.271. The van der Waals surface area contributed by atoms with Gasteiger partial charge in [0.25, 0.3) is 0 Å². The first-order valence-electron chi connectivity index (χ1n) is 5.99. The van der Waals surface area contributed by atoms with Gasteiger partial charge in [-0.25, -0.2) is 4.98 Å². The Balaban J connectivity index is 2.06. The molecule has 0 spiro atoms. The van der Waals surface area contributed by atoms with Crippen molar-refractivity contribution in [2.24, 2.45) is 5.92 Å². The Labute approximate surface area is 109 Å². The van der Waals surface area contributed by atoms with Gasteiger partial charge in [-0.3, -0.25) is 4.79 Å². The number of imidazole rings is 1. The number of thiophene rings is 1. The highest BCUT2D eigenvalue weighted by Crippen LogP contribution is 2.33. The van der Waals surface area contributed by atoms with Crippen molar-refractivity contribution < 1.29 is 9.90 Å². The second-order valence-electron chi connectivity index (χ2n) is 4.61. The maximum absolute atomic E-state index is 11.1. The number of aryl methyl sites for hydroxylation is 1. The van der Waals surface area contributed by atoms with E-state index in [1.807, 2.05) is 24.4 Å². The van der Waals surface area contributed by atoms with E-state index >= 15 is 0 Å². The van der Waals surface area contributed by atoms with Gasteiger partial charge in [-0.15, -0.1) is 11.3 Å². The van der Waals surface area contributed by atoms with Gasteiger partial charge in [0.2, 0.25) is 0 Å². The first-order chi connectivity index (χ1) is 8.66. The normalized spacial score (nSPS) is 18.6. The fraction of sp³-hybridized carbons (Fsp3) is 0.385. The molecule has 1 N–H and O–H groups in total. The molecule has 2 aromatic rings. The van der Waals surface area contributed by atoms with Crippen molar-refractivity contribution in [3.63, 3.8) is 0 Å². The van der Waals surface area contributed by atoms with E-state index in [1.54, 1.807) is 11.3 Å². The van der Waals surface area contributed by atoms with Crippen LogP contribution in [0.3, 0.4) is 0 Å². The molecule has 5 heteroatoms. The lowest BCUT2D eigenvalue weighted by molar-refractivity contribution is -0.142. The molecular formula is C13H14N2O2S. The molecule has 3 heterocycles. The van der Waals surface area contributed by atoms with Crippen LogP contribution in [-0.4, -0.2) is 20.6 Å². The summed E-state index contributed by atoms with van der Waals surface area (Å²) >= 11 is 1.65. The van der Waals surface area contributed by atoms with Gasteiger partial charge < -0.3 is 9.67 Å². The highest BCUT2D eigenvalue weighted by molar-refractivity contribution is 7.13. The molecule has 1 atom stereocenters. The lowest BCUT2D eigenvalue weighted by Gasteiger charge is -2.22. The molecule has 1 unspecified atom stereocenters. The average Bonchev–Trinajstić information content (AvgIpc) is 2.97. The molecule has 4 nitrogen and oxygen atoms in total. The molecule has 0 amide bonds. The lowest BCUT2D eigenvalue weighted by Crippen LogP contribution is -2.25. The Morgan fingerprint density at radius 1 is 1.61 bits per heavy atom. The summed E-state index contributed by atoms with van der Waals surface area (Å²) < 4.78 is 2.16. The minimum Gasteiger partial charge on any atom is -0.481 e. The van der Waals surface area contributed by atoms with Crippen LogP contribution < -0.4 is 0 Å². The van der Waals surface area contributed by atoms with Gasteiger partial charge in [0, 0.05) is 18.7 Å². The average molecular weight is 262 g/mol. The van der Waals surface area contributed by atoms with Crippen molar-refractivity contribution >= 4 is 17.3 Å². The number of carboxylic acids is 1. The fourth-order valence-corrected chi connectivity index (χ4v) is 3.29. The molecule has 0 fully saturated rings. The number of nitrogens with zero attached hydrogens (tertiary/aromatic N) is 2. The van der Waals surface area contributed by atoms with Gasteiger partial charge in [-0.2, -0.15) is 0 Å². The van der Waals surface area contributed by atoms with Crippen molar-refractivity contribution in [1.82, 2.24) is 9.55 Å². The van der Waals surface area contributed by atoms with Gasteiger partial charge in [-0.1, -0.05) is 6.07 Å². The summed E-state index contributed by atoms with van der Waals surface area (Å²) in [5.41, 5.74) is 2.04. The first kappa shape index (κ1) is 11.5. The summed E-state index contributed by atoms with van der Waals surface area (Å²) in [4.78, 5) is 16.9. The number of rotatable bonds is 2. The molecule has 0 saturated carbocycles. The Morgan fingerprint density at radius 2 is 2.44 bits per heavy atom. The highest BCUT2D eigenvalue weighted by atomic mass is 32.1. The molecule has 0 aliphatic carbocycles. The quantitative estimate of drug-likeness (QED) is 0.905. The molecule has 1 aliphatic rings. The second kappa shape index (κ2) is 4.24. The van der Waals surface area contributed by atoms with Crippen molar-refractivity contribution in [3.05, 3.63) is 29.0 Å². The van der Waals surface area contributed by atoms with Gasteiger partial charge in [0.15, 0.2) is 0 Å². The van der Waals surface area contributed by atoms with Crippen LogP contribution >= 0.6 is 11.3 Å². The van der Waals surface area contributed by atoms with Crippen LogP contribution in [0.2, 0.25) is 0 Å². The van der Waals surface area contributed by atoms with Crippen molar-refractivity contribution in [2.45, 2.75) is 26.3 Å². The molecule has 18 heavy (non-hydrogen) atoms. The van der Waals surface area contributed by atoms with Crippen molar-refractivity contribution in [2.75, 3.05) is 0 Å². The lowest BCUT2D eigenvalue weighted by atomic mass is 9.95. The van der Waals surface area contributed by atoms with Crippen LogP contribution in [0.1, 0.15) is 17.9 Å². The molecule has 0 radical (unpaired) electrons. The van der Waals surface area contributed by atoms with Crippen molar-refractivity contribution in [1.29, 1.82) is 0 Å². The Bertz CT molecular complexity index is 586. The molecule has 2 aromatic heterocycles. The number of aliphatic carboxylic acids is 1. The van der Waals surface area contributed by atoms with Gasteiger partial charge in [-0.05, 0) is 24.8 Å². The van der Waals surface area contributed by atoms with Crippen molar-refractivity contribution in [3.8, 4) is 10.6 Å².